The van der Waals surface area contributed by atoms with Gasteiger partial charge in [-0.2, -0.15) is 0 Å². The number of nitrogens with one attached hydrogen (secondary N) is 1. The highest BCUT2D eigenvalue weighted by Crippen LogP contribution is 2.34. The largest absolute Gasteiger partial charge is 0.481 e. The minimum Gasteiger partial charge on any atom is -0.481 e. The Bertz CT molecular complexity index is 414. The monoisotopic (exact) mass is 253 g/mol. The second-order valence-corrected chi connectivity index (χ2v) is 4.98. The molecule has 0 bridgehead atoms. The van der Waals surface area contributed by atoms with Gasteiger partial charge in [0.15, 0.2) is 0 Å². The molecule has 1 atom stereocenters. The molecule has 1 heterocycles. The van der Waals surface area contributed by atoms with Gasteiger partial charge >= 0.3 is 5.97 Å². The number of carbonyl (C=O) groups is 1. The predicted octanol–water partition coefficient (Wildman–Crippen LogP) is 2.78. The summed E-state index contributed by atoms with van der Waals surface area (Å²) in [4.78, 5) is 11.1. The maximum Gasteiger partial charge on any atom is 0.305 e. The zero-order valence-corrected chi connectivity index (χ0v) is 10.3. The Labute approximate surface area is 106 Å². The number of aliphatic carboxylic acids is 1. The second kappa shape index (κ2) is 5.07. The minimum absolute atomic E-state index is 0.105. The van der Waals surface area contributed by atoms with Crippen molar-refractivity contribution >= 4 is 17.6 Å². The Balaban J connectivity index is 2.35. The molecule has 0 amide bonds. The van der Waals surface area contributed by atoms with Crippen molar-refractivity contribution in [3.8, 4) is 0 Å². The molecule has 1 aliphatic rings. The van der Waals surface area contributed by atoms with Gasteiger partial charge in [0.1, 0.15) is 0 Å². The van der Waals surface area contributed by atoms with Crippen LogP contribution in [0.1, 0.15) is 31.2 Å². The van der Waals surface area contributed by atoms with Gasteiger partial charge in [-0.05, 0) is 43.5 Å². The summed E-state index contributed by atoms with van der Waals surface area (Å²) in [6.45, 7) is 0.861. The molecule has 3 nitrogen and oxygen atoms in total. The van der Waals surface area contributed by atoms with Gasteiger partial charge in [0.2, 0.25) is 0 Å². The van der Waals surface area contributed by atoms with Crippen LogP contribution in [0, 0.1) is 0 Å². The molecule has 1 aromatic rings. The molecule has 1 saturated heterocycles. The third kappa shape index (κ3) is 2.79. The van der Waals surface area contributed by atoms with Gasteiger partial charge in [-0.1, -0.05) is 23.7 Å². The first-order chi connectivity index (χ1) is 8.12. The zero-order chi connectivity index (χ0) is 12.3. The summed E-state index contributed by atoms with van der Waals surface area (Å²) in [6.07, 6.45) is 3.10. The molecule has 0 aliphatic carbocycles. The molecule has 1 fully saturated rings. The number of rotatable bonds is 3. The molecular formula is C13H16ClNO2. The SMILES string of the molecule is O=C(O)CC1(c2cccc(Cl)c2)CCCCN1. The molecule has 0 saturated carbocycles. The number of carboxylic acids is 1. The molecule has 1 unspecified atom stereocenters. The van der Waals surface area contributed by atoms with Gasteiger partial charge in [-0.3, -0.25) is 4.79 Å². The van der Waals surface area contributed by atoms with E-state index in [2.05, 4.69) is 5.32 Å². The first-order valence-electron chi connectivity index (χ1n) is 5.85. The Kier molecular flexibility index (Phi) is 3.69. The fraction of sp³-hybridized carbons (Fsp3) is 0.462. The molecule has 92 valence electrons. The third-order valence-electron chi connectivity index (χ3n) is 3.32. The van der Waals surface area contributed by atoms with E-state index in [1.807, 2.05) is 24.3 Å². The van der Waals surface area contributed by atoms with Gasteiger partial charge in [-0.15, -0.1) is 0 Å². The number of hydrogen-bond donors (Lipinski definition) is 2. The summed E-state index contributed by atoms with van der Waals surface area (Å²) < 4.78 is 0. The Morgan fingerprint density at radius 1 is 1.47 bits per heavy atom. The van der Waals surface area contributed by atoms with Gasteiger partial charge in [0, 0.05) is 5.02 Å². The molecular weight excluding hydrogens is 238 g/mol. The summed E-state index contributed by atoms with van der Waals surface area (Å²) in [7, 11) is 0. The first kappa shape index (κ1) is 12.4. The van der Waals surface area contributed by atoms with E-state index in [4.69, 9.17) is 16.7 Å². The van der Waals surface area contributed by atoms with E-state index in [9.17, 15) is 4.79 Å². The van der Waals surface area contributed by atoms with E-state index in [0.717, 1.165) is 31.4 Å². The average Bonchev–Trinajstić information content (AvgIpc) is 2.29. The van der Waals surface area contributed by atoms with E-state index >= 15 is 0 Å². The van der Waals surface area contributed by atoms with Crippen LogP contribution in [0.25, 0.3) is 0 Å². The van der Waals surface area contributed by atoms with Crippen molar-refractivity contribution < 1.29 is 9.90 Å². The van der Waals surface area contributed by atoms with E-state index in [1.54, 1.807) is 0 Å². The Hall–Kier alpha value is -1.06. The van der Waals surface area contributed by atoms with Crippen LogP contribution in [0.3, 0.4) is 0 Å². The van der Waals surface area contributed by atoms with Gasteiger partial charge in [0.05, 0.1) is 12.0 Å². The van der Waals surface area contributed by atoms with E-state index < -0.39 is 11.5 Å². The molecule has 1 aromatic carbocycles. The van der Waals surface area contributed by atoms with Crippen LogP contribution in [-0.2, 0) is 10.3 Å². The highest BCUT2D eigenvalue weighted by Gasteiger charge is 2.35. The Morgan fingerprint density at radius 3 is 2.88 bits per heavy atom. The van der Waals surface area contributed by atoms with Gasteiger partial charge in [-0.25, -0.2) is 0 Å². The van der Waals surface area contributed by atoms with E-state index in [0.29, 0.717) is 5.02 Å². The number of carboxylic acid groups (broad SMARTS) is 1. The third-order valence-corrected chi connectivity index (χ3v) is 3.56. The fourth-order valence-corrected chi connectivity index (χ4v) is 2.70. The maximum atomic E-state index is 11.1. The molecule has 0 radical (unpaired) electrons. The van der Waals surface area contributed by atoms with Crippen LogP contribution in [0.2, 0.25) is 5.02 Å². The lowest BCUT2D eigenvalue weighted by Crippen LogP contribution is -2.47. The molecule has 0 spiro atoms. The van der Waals surface area contributed by atoms with Crippen LogP contribution in [0.5, 0.6) is 0 Å². The normalized spacial score (nSPS) is 24.5. The van der Waals surface area contributed by atoms with Crippen LogP contribution < -0.4 is 5.32 Å². The first-order valence-corrected chi connectivity index (χ1v) is 6.23. The van der Waals surface area contributed by atoms with Crippen molar-refractivity contribution in [3.05, 3.63) is 34.9 Å². The van der Waals surface area contributed by atoms with Crippen LogP contribution in [-0.4, -0.2) is 17.6 Å². The molecule has 2 rings (SSSR count). The van der Waals surface area contributed by atoms with Crippen molar-refractivity contribution in [3.63, 3.8) is 0 Å². The number of halogens is 1. The summed E-state index contributed by atoms with van der Waals surface area (Å²) in [5.41, 5.74) is 0.529. The van der Waals surface area contributed by atoms with E-state index in [-0.39, 0.29) is 6.42 Å². The van der Waals surface area contributed by atoms with Crippen LogP contribution >= 0.6 is 11.6 Å². The predicted molar refractivity (Wildman–Crippen MR) is 67.2 cm³/mol. The number of piperidine rings is 1. The molecule has 0 aromatic heterocycles. The quantitative estimate of drug-likeness (QED) is 0.871. The van der Waals surface area contributed by atoms with Crippen molar-refractivity contribution in [2.24, 2.45) is 0 Å². The van der Waals surface area contributed by atoms with Crippen molar-refractivity contribution in [1.82, 2.24) is 5.32 Å². The second-order valence-electron chi connectivity index (χ2n) is 4.55. The van der Waals surface area contributed by atoms with E-state index in [1.165, 1.54) is 0 Å². The standard InChI is InChI=1S/C13H16ClNO2/c14-11-5-3-4-10(8-11)13(9-12(16)17)6-1-2-7-15-13/h3-5,8,15H,1-2,6-7,9H2,(H,16,17). The lowest BCUT2D eigenvalue weighted by Gasteiger charge is -2.38. The molecule has 1 aliphatic heterocycles. The highest BCUT2D eigenvalue weighted by molar-refractivity contribution is 6.30. The molecule has 4 heteroatoms. The number of hydrogen-bond acceptors (Lipinski definition) is 2. The minimum atomic E-state index is -0.778. The van der Waals surface area contributed by atoms with Crippen molar-refractivity contribution in [2.45, 2.75) is 31.2 Å². The van der Waals surface area contributed by atoms with Crippen LogP contribution in [0.4, 0.5) is 0 Å². The van der Waals surface area contributed by atoms with Crippen molar-refractivity contribution in [2.75, 3.05) is 6.54 Å². The zero-order valence-electron chi connectivity index (χ0n) is 9.58. The lowest BCUT2D eigenvalue weighted by molar-refractivity contribution is -0.139. The summed E-state index contributed by atoms with van der Waals surface area (Å²) in [5.74, 6) is -0.778. The topological polar surface area (TPSA) is 49.3 Å². The average molecular weight is 254 g/mol. The highest BCUT2D eigenvalue weighted by atomic mass is 35.5. The fourth-order valence-electron chi connectivity index (χ4n) is 2.51. The lowest BCUT2D eigenvalue weighted by atomic mass is 9.80. The summed E-state index contributed by atoms with van der Waals surface area (Å²) in [6, 6.07) is 7.50. The maximum absolute atomic E-state index is 11.1. The summed E-state index contributed by atoms with van der Waals surface area (Å²) >= 11 is 5.99. The summed E-state index contributed by atoms with van der Waals surface area (Å²) in [5, 5.41) is 13.1. The smallest absolute Gasteiger partial charge is 0.305 e. The molecule has 17 heavy (non-hydrogen) atoms. The Morgan fingerprint density at radius 2 is 2.29 bits per heavy atom. The van der Waals surface area contributed by atoms with Crippen molar-refractivity contribution in [1.29, 1.82) is 0 Å². The van der Waals surface area contributed by atoms with Gasteiger partial charge < -0.3 is 10.4 Å². The van der Waals surface area contributed by atoms with Crippen LogP contribution in [0.15, 0.2) is 24.3 Å². The molecule has 2 N–H and O–H groups in total. The van der Waals surface area contributed by atoms with Gasteiger partial charge in [0.25, 0.3) is 0 Å². The number of benzene rings is 1.